The smallest absolute Gasteiger partial charge is 0.305 e. The second kappa shape index (κ2) is 5.07. The summed E-state index contributed by atoms with van der Waals surface area (Å²) in [7, 11) is 0. The molecule has 1 unspecified atom stereocenters. The molecule has 7 nitrogen and oxygen atoms in total. The zero-order valence-corrected chi connectivity index (χ0v) is 11.4. The molecule has 0 saturated carbocycles. The number of esters is 2. The first-order valence-electron chi connectivity index (χ1n) is 6.10. The van der Waals surface area contributed by atoms with Gasteiger partial charge in [-0.2, -0.15) is 0 Å². The van der Waals surface area contributed by atoms with Crippen LogP contribution in [0.5, 0.6) is 0 Å². The average molecular weight is 274 g/mol. The van der Waals surface area contributed by atoms with Crippen molar-refractivity contribution in [2.24, 2.45) is 0 Å². The van der Waals surface area contributed by atoms with E-state index in [0.29, 0.717) is 0 Å². The third-order valence-corrected chi connectivity index (χ3v) is 2.84. The van der Waals surface area contributed by atoms with Gasteiger partial charge in [0.1, 0.15) is 18.8 Å². The van der Waals surface area contributed by atoms with Crippen LogP contribution in [0.15, 0.2) is 0 Å². The number of hydrogen-bond acceptors (Lipinski definition) is 7. The Hall–Kier alpha value is -1.18. The highest BCUT2D eigenvalue weighted by Crippen LogP contribution is 2.39. The van der Waals surface area contributed by atoms with E-state index in [2.05, 4.69) is 0 Å². The Bertz CT molecular complexity index is 378. The van der Waals surface area contributed by atoms with Gasteiger partial charge in [0.25, 0.3) is 0 Å². The molecule has 0 radical (unpaired) electrons. The van der Waals surface area contributed by atoms with Gasteiger partial charge >= 0.3 is 11.9 Å². The summed E-state index contributed by atoms with van der Waals surface area (Å²) < 4.78 is 26.8. The van der Waals surface area contributed by atoms with E-state index in [1.807, 2.05) is 0 Å². The number of hydrogen-bond donors (Lipinski definition) is 0. The second-order valence-electron chi connectivity index (χ2n) is 5.02. The Morgan fingerprint density at radius 2 is 1.74 bits per heavy atom. The summed E-state index contributed by atoms with van der Waals surface area (Å²) in [5.41, 5.74) is 0. The fourth-order valence-corrected chi connectivity index (χ4v) is 2.23. The number of rotatable bonds is 3. The molecule has 0 aromatic carbocycles. The Morgan fingerprint density at radius 3 is 2.32 bits per heavy atom. The van der Waals surface area contributed by atoms with Crippen LogP contribution in [0, 0.1) is 0 Å². The van der Waals surface area contributed by atoms with Crippen LogP contribution in [0.1, 0.15) is 27.7 Å². The van der Waals surface area contributed by atoms with E-state index in [1.54, 1.807) is 13.8 Å². The van der Waals surface area contributed by atoms with Gasteiger partial charge in [-0.05, 0) is 13.8 Å². The molecule has 2 fully saturated rings. The predicted molar refractivity (Wildman–Crippen MR) is 60.9 cm³/mol. The molecule has 2 heterocycles. The topological polar surface area (TPSA) is 80.3 Å². The second-order valence-corrected chi connectivity index (χ2v) is 5.02. The highest BCUT2D eigenvalue weighted by atomic mass is 16.8. The third-order valence-electron chi connectivity index (χ3n) is 2.84. The minimum atomic E-state index is -0.843. The quantitative estimate of drug-likeness (QED) is 0.687. The van der Waals surface area contributed by atoms with E-state index < -0.39 is 42.3 Å². The molecule has 0 aromatic rings. The number of carbonyl (C=O) groups is 2. The largest absolute Gasteiger partial charge is 0.463 e. The molecule has 0 amide bonds. The Labute approximate surface area is 111 Å². The van der Waals surface area contributed by atoms with Crippen molar-refractivity contribution in [2.75, 3.05) is 6.61 Å². The molecule has 4 atom stereocenters. The van der Waals surface area contributed by atoms with E-state index in [-0.39, 0.29) is 6.61 Å². The van der Waals surface area contributed by atoms with Crippen molar-refractivity contribution < 1.29 is 33.3 Å². The van der Waals surface area contributed by atoms with Crippen LogP contribution in [0.3, 0.4) is 0 Å². The van der Waals surface area contributed by atoms with Crippen molar-refractivity contribution in [2.45, 2.75) is 58.1 Å². The first-order valence-corrected chi connectivity index (χ1v) is 6.10. The van der Waals surface area contributed by atoms with E-state index in [1.165, 1.54) is 13.8 Å². The number of fused-ring (bicyclic) bond motifs is 1. The summed E-state index contributed by atoms with van der Waals surface area (Å²) in [4.78, 5) is 21.9. The van der Waals surface area contributed by atoms with Gasteiger partial charge in [-0.3, -0.25) is 9.59 Å². The maximum Gasteiger partial charge on any atom is 0.305 e. The van der Waals surface area contributed by atoms with Gasteiger partial charge in [-0.1, -0.05) is 0 Å². The third kappa shape index (κ3) is 3.23. The van der Waals surface area contributed by atoms with Crippen LogP contribution in [0.2, 0.25) is 0 Å². The van der Waals surface area contributed by atoms with Crippen LogP contribution in [0.4, 0.5) is 0 Å². The number of ether oxygens (including phenoxy) is 5. The summed E-state index contributed by atoms with van der Waals surface area (Å²) in [6.45, 7) is 6.16. The Balaban J connectivity index is 2.05. The Morgan fingerprint density at radius 1 is 1.11 bits per heavy atom. The SMILES string of the molecule is CC(=O)OC[C@H]1OC(OC(C)=O)[C@H]2OC(C)(C)O[C@@H]21. The highest BCUT2D eigenvalue weighted by molar-refractivity contribution is 5.66. The molecule has 7 heteroatoms. The zero-order chi connectivity index (χ0) is 14.2. The summed E-state index contributed by atoms with van der Waals surface area (Å²) >= 11 is 0. The van der Waals surface area contributed by atoms with Crippen LogP contribution in [-0.2, 0) is 33.3 Å². The summed E-state index contributed by atoms with van der Waals surface area (Å²) in [5, 5.41) is 0. The monoisotopic (exact) mass is 274 g/mol. The van der Waals surface area contributed by atoms with Crippen LogP contribution in [0.25, 0.3) is 0 Å². The van der Waals surface area contributed by atoms with Gasteiger partial charge < -0.3 is 23.7 Å². The van der Waals surface area contributed by atoms with Crippen molar-refractivity contribution in [1.82, 2.24) is 0 Å². The summed E-state index contributed by atoms with van der Waals surface area (Å²) in [5.74, 6) is -1.66. The molecule has 2 saturated heterocycles. The molecule has 0 N–H and O–H groups in total. The van der Waals surface area contributed by atoms with Crippen molar-refractivity contribution >= 4 is 11.9 Å². The summed E-state index contributed by atoms with van der Waals surface area (Å²) in [6, 6.07) is 0. The Kier molecular flexibility index (Phi) is 3.80. The van der Waals surface area contributed by atoms with Gasteiger partial charge in [-0.15, -0.1) is 0 Å². The first kappa shape index (κ1) is 14.2. The lowest BCUT2D eigenvalue weighted by Gasteiger charge is -2.23. The van der Waals surface area contributed by atoms with Gasteiger partial charge in [0.05, 0.1) is 0 Å². The van der Waals surface area contributed by atoms with Crippen LogP contribution < -0.4 is 0 Å². The number of carbonyl (C=O) groups excluding carboxylic acids is 2. The van der Waals surface area contributed by atoms with Crippen molar-refractivity contribution in [3.05, 3.63) is 0 Å². The molecular weight excluding hydrogens is 256 g/mol. The molecule has 19 heavy (non-hydrogen) atoms. The predicted octanol–water partition coefficient (Wildman–Crippen LogP) is 0.358. The van der Waals surface area contributed by atoms with Crippen molar-refractivity contribution in [1.29, 1.82) is 0 Å². The molecule has 0 spiro atoms. The lowest BCUT2D eigenvalue weighted by atomic mass is 10.1. The van der Waals surface area contributed by atoms with Crippen molar-refractivity contribution in [3.63, 3.8) is 0 Å². The molecule has 0 bridgehead atoms. The van der Waals surface area contributed by atoms with Crippen LogP contribution in [-0.4, -0.2) is 48.9 Å². The van der Waals surface area contributed by atoms with Crippen LogP contribution >= 0.6 is 0 Å². The molecule has 108 valence electrons. The van der Waals surface area contributed by atoms with E-state index in [4.69, 9.17) is 23.7 Å². The lowest BCUT2D eigenvalue weighted by molar-refractivity contribution is -0.234. The minimum absolute atomic E-state index is 0.0354. The van der Waals surface area contributed by atoms with Gasteiger partial charge in [0.2, 0.25) is 6.29 Å². The zero-order valence-electron chi connectivity index (χ0n) is 11.4. The molecular formula is C12H18O7. The lowest BCUT2D eigenvalue weighted by Crippen LogP contribution is -2.33. The fourth-order valence-electron chi connectivity index (χ4n) is 2.23. The molecule has 2 aliphatic rings. The molecule has 2 aliphatic heterocycles. The highest BCUT2D eigenvalue weighted by Gasteiger charge is 2.56. The maximum atomic E-state index is 11.0. The molecule has 0 aliphatic carbocycles. The van der Waals surface area contributed by atoms with E-state index >= 15 is 0 Å². The van der Waals surface area contributed by atoms with E-state index in [0.717, 1.165) is 0 Å². The standard InChI is InChI=1S/C12H18O7/c1-6(13)15-5-8-9-10(19-12(3,4)18-9)11(17-8)16-7(2)14/h8-11H,5H2,1-4H3/t8-,9-,10+,11?/m1/s1. The fraction of sp³-hybridized carbons (Fsp3) is 0.833. The van der Waals surface area contributed by atoms with Gasteiger partial charge in [-0.25, -0.2) is 0 Å². The van der Waals surface area contributed by atoms with Crippen molar-refractivity contribution in [3.8, 4) is 0 Å². The minimum Gasteiger partial charge on any atom is -0.463 e. The first-order chi connectivity index (χ1) is 8.78. The van der Waals surface area contributed by atoms with E-state index in [9.17, 15) is 9.59 Å². The molecule has 0 aromatic heterocycles. The molecule has 2 rings (SSSR count). The normalized spacial score (nSPS) is 35.8. The average Bonchev–Trinajstić information content (AvgIpc) is 2.70. The van der Waals surface area contributed by atoms with Gasteiger partial charge in [0.15, 0.2) is 11.9 Å². The van der Waals surface area contributed by atoms with Gasteiger partial charge in [0, 0.05) is 13.8 Å². The maximum absolute atomic E-state index is 11.0. The summed E-state index contributed by atoms with van der Waals surface area (Å²) in [6.07, 6.45) is -2.30.